The summed E-state index contributed by atoms with van der Waals surface area (Å²) >= 11 is 0. The molecule has 0 aromatic heterocycles. The normalized spacial score (nSPS) is 14.2. The maximum Gasteiger partial charge on any atom is 0.0415 e. The highest BCUT2D eigenvalue weighted by Crippen LogP contribution is 2.24. The van der Waals surface area contributed by atoms with Crippen molar-refractivity contribution in [1.82, 2.24) is 5.32 Å². The van der Waals surface area contributed by atoms with E-state index in [9.17, 15) is 0 Å². The molecule has 1 aromatic carbocycles. The molecule has 1 aliphatic heterocycles. The van der Waals surface area contributed by atoms with Gasteiger partial charge in [0, 0.05) is 11.9 Å². The Hall–Kier alpha value is -1.28. The highest BCUT2D eigenvalue weighted by molar-refractivity contribution is 5.57. The summed E-state index contributed by atoms with van der Waals surface area (Å²) < 4.78 is 0. The molecule has 2 heteroatoms. The fourth-order valence-electron chi connectivity index (χ4n) is 1.74. The van der Waals surface area contributed by atoms with Gasteiger partial charge in [-0.2, -0.15) is 0 Å². The molecule has 1 heterocycles. The monoisotopic (exact) mass is 188 g/mol. The summed E-state index contributed by atoms with van der Waals surface area (Å²) in [4.78, 5) is 0. The standard InChI is InChI=1S/C12H16N2/c1-13-7-6-10-8-11-4-2-3-5-12(11)14-9-10/h2-5,9,13-14H,6-8H2,1H3. The fraction of sp³-hybridized carbons (Fsp3) is 0.333. The average Bonchev–Trinajstić information content (AvgIpc) is 2.26. The molecule has 2 N–H and O–H groups in total. The predicted octanol–water partition coefficient (Wildman–Crippen LogP) is 2.15. The molecule has 0 spiro atoms. The third-order valence-corrected chi connectivity index (χ3v) is 2.56. The number of para-hydroxylation sites is 1. The molecule has 2 nitrogen and oxygen atoms in total. The van der Waals surface area contributed by atoms with E-state index >= 15 is 0 Å². The lowest BCUT2D eigenvalue weighted by Gasteiger charge is -2.18. The van der Waals surface area contributed by atoms with Gasteiger partial charge in [0.05, 0.1) is 0 Å². The lowest BCUT2D eigenvalue weighted by atomic mass is 9.99. The van der Waals surface area contributed by atoms with Gasteiger partial charge in [-0.1, -0.05) is 18.2 Å². The molecule has 1 aromatic rings. The summed E-state index contributed by atoms with van der Waals surface area (Å²) in [5.41, 5.74) is 4.12. The number of nitrogens with one attached hydrogen (secondary N) is 2. The van der Waals surface area contributed by atoms with Crippen molar-refractivity contribution in [3.8, 4) is 0 Å². The number of hydrogen-bond acceptors (Lipinski definition) is 2. The predicted molar refractivity (Wildman–Crippen MR) is 60.4 cm³/mol. The lowest BCUT2D eigenvalue weighted by molar-refractivity contribution is 0.769. The minimum Gasteiger partial charge on any atom is -0.361 e. The second kappa shape index (κ2) is 4.29. The van der Waals surface area contributed by atoms with Crippen LogP contribution in [0.4, 0.5) is 5.69 Å². The third kappa shape index (κ3) is 1.96. The smallest absolute Gasteiger partial charge is 0.0415 e. The van der Waals surface area contributed by atoms with Crippen LogP contribution in [0, 0.1) is 0 Å². The van der Waals surface area contributed by atoms with Crippen molar-refractivity contribution in [2.75, 3.05) is 18.9 Å². The summed E-state index contributed by atoms with van der Waals surface area (Å²) in [7, 11) is 1.99. The van der Waals surface area contributed by atoms with Crippen molar-refractivity contribution in [3.63, 3.8) is 0 Å². The van der Waals surface area contributed by atoms with Gasteiger partial charge >= 0.3 is 0 Å². The average molecular weight is 188 g/mol. The molecule has 0 amide bonds. The number of fused-ring (bicyclic) bond motifs is 1. The van der Waals surface area contributed by atoms with E-state index in [1.165, 1.54) is 16.8 Å². The van der Waals surface area contributed by atoms with Crippen molar-refractivity contribution >= 4 is 5.69 Å². The SMILES string of the molecule is CNCCC1=CNc2ccccc2C1. The van der Waals surface area contributed by atoms with Gasteiger partial charge in [-0.05, 0) is 43.6 Å². The van der Waals surface area contributed by atoms with Crippen LogP contribution in [0.5, 0.6) is 0 Å². The van der Waals surface area contributed by atoms with Crippen LogP contribution in [0.1, 0.15) is 12.0 Å². The number of benzene rings is 1. The molecule has 14 heavy (non-hydrogen) atoms. The quantitative estimate of drug-likeness (QED) is 0.759. The zero-order valence-electron chi connectivity index (χ0n) is 8.51. The van der Waals surface area contributed by atoms with E-state index in [-0.39, 0.29) is 0 Å². The van der Waals surface area contributed by atoms with Crippen LogP contribution in [0.2, 0.25) is 0 Å². The molecule has 0 unspecified atom stereocenters. The fourth-order valence-corrected chi connectivity index (χ4v) is 1.74. The maximum absolute atomic E-state index is 3.33. The molecule has 0 atom stereocenters. The van der Waals surface area contributed by atoms with Crippen molar-refractivity contribution in [2.24, 2.45) is 0 Å². The van der Waals surface area contributed by atoms with E-state index in [2.05, 4.69) is 41.1 Å². The van der Waals surface area contributed by atoms with Crippen LogP contribution in [0.3, 0.4) is 0 Å². The van der Waals surface area contributed by atoms with Gasteiger partial charge in [-0.15, -0.1) is 0 Å². The van der Waals surface area contributed by atoms with E-state index in [1.54, 1.807) is 0 Å². The molecule has 1 aliphatic rings. The summed E-state index contributed by atoms with van der Waals surface area (Å²) in [6, 6.07) is 8.48. The summed E-state index contributed by atoms with van der Waals surface area (Å²) in [6.07, 6.45) is 4.35. The Balaban J connectivity index is 2.05. The first-order valence-corrected chi connectivity index (χ1v) is 5.07. The Labute approximate surface area is 85.0 Å². The zero-order chi connectivity index (χ0) is 9.80. The summed E-state index contributed by atoms with van der Waals surface area (Å²) in [6.45, 7) is 1.05. The Kier molecular flexibility index (Phi) is 2.84. The van der Waals surface area contributed by atoms with Gasteiger partial charge in [0.25, 0.3) is 0 Å². The lowest BCUT2D eigenvalue weighted by Crippen LogP contribution is -2.12. The third-order valence-electron chi connectivity index (χ3n) is 2.56. The van der Waals surface area contributed by atoms with Crippen LogP contribution < -0.4 is 10.6 Å². The second-order valence-corrected chi connectivity index (χ2v) is 3.63. The molecular weight excluding hydrogens is 172 g/mol. The van der Waals surface area contributed by atoms with Gasteiger partial charge < -0.3 is 10.6 Å². The summed E-state index contributed by atoms with van der Waals surface area (Å²) in [5, 5.41) is 6.50. The number of rotatable bonds is 3. The van der Waals surface area contributed by atoms with Crippen LogP contribution in [-0.2, 0) is 6.42 Å². The molecule has 0 saturated carbocycles. The van der Waals surface area contributed by atoms with Gasteiger partial charge in [0.2, 0.25) is 0 Å². The van der Waals surface area contributed by atoms with E-state index in [0.29, 0.717) is 0 Å². The van der Waals surface area contributed by atoms with E-state index in [1.807, 2.05) is 7.05 Å². The van der Waals surface area contributed by atoms with Crippen molar-refractivity contribution in [1.29, 1.82) is 0 Å². The molecule has 0 fully saturated rings. The topological polar surface area (TPSA) is 24.1 Å². The van der Waals surface area contributed by atoms with Crippen LogP contribution in [0.25, 0.3) is 0 Å². The van der Waals surface area contributed by atoms with Crippen LogP contribution in [-0.4, -0.2) is 13.6 Å². The highest BCUT2D eigenvalue weighted by Gasteiger charge is 2.08. The molecule has 74 valence electrons. The Morgan fingerprint density at radius 1 is 1.36 bits per heavy atom. The highest BCUT2D eigenvalue weighted by atomic mass is 14.9. The first-order chi connectivity index (χ1) is 6.90. The Bertz CT molecular complexity index is 342. The molecule has 0 bridgehead atoms. The Morgan fingerprint density at radius 2 is 2.21 bits per heavy atom. The molecule has 0 saturated heterocycles. The second-order valence-electron chi connectivity index (χ2n) is 3.63. The Morgan fingerprint density at radius 3 is 3.07 bits per heavy atom. The van der Waals surface area contributed by atoms with Crippen LogP contribution in [0.15, 0.2) is 36.0 Å². The number of anilines is 1. The zero-order valence-corrected chi connectivity index (χ0v) is 8.51. The van der Waals surface area contributed by atoms with E-state index in [0.717, 1.165) is 19.4 Å². The van der Waals surface area contributed by atoms with Gasteiger partial charge in [0.15, 0.2) is 0 Å². The van der Waals surface area contributed by atoms with Gasteiger partial charge in [-0.25, -0.2) is 0 Å². The largest absolute Gasteiger partial charge is 0.361 e. The van der Waals surface area contributed by atoms with Crippen molar-refractivity contribution < 1.29 is 0 Å². The van der Waals surface area contributed by atoms with Crippen molar-refractivity contribution in [3.05, 3.63) is 41.6 Å². The summed E-state index contributed by atoms with van der Waals surface area (Å²) in [5.74, 6) is 0. The van der Waals surface area contributed by atoms with Gasteiger partial charge in [0.1, 0.15) is 0 Å². The van der Waals surface area contributed by atoms with E-state index < -0.39 is 0 Å². The first-order valence-electron chi connectivity index (χ1n) is 5.07. The molecule has 0 aliphatic carbocycles. The van der Waals surface area contributed by atoms with Crippen LogP contribution >= 0.6 is 0 Å². The molecule has 2 rings (SSSR count). The first kappa shape index (κ1) is 9.28. The van der Waals surface area contributed by atoms with Crippen molar-refractivity contribution in [2.45, 2.75) is 12.8 Å². The van der Waals surface area contributed by atoms with Gasteiger partial charge in [-0.3, -0.25) is 0 Å². The minimum absolute atomic E-state index is 1.05. The molecule has 0 radical (unpaired) electrons. The minimum atomic E-state index is 1.05. The maximum atomic E-state index is 3.33. The van der Waals surface area contributed by atoms with E-state index in [4.69, 9.17) is 0 Å². The number of hydrogen-bond donors (Lipinski definition) is 2. The molecular formula is C12H16N2.